The molecule has 100 valence electrons. The molecule has 0 unspecified atom stereocenters. The van der Waals surface area contributed by atoms with E-state index in [1.165, 1.54) is 42.1 Å². The largest absolute Gasteiger partial charge is 0.313 e. The Morgan fingerprint density at radius 2 is 1.78 bits per heavy atom. The van der Waals surface area contributed by atoms with Crippen LogP contribution in [0.4, 0.5) is 0 Å². The van der Waals surface area contributed by atoms with Crippen LogP contribution in [0.25, 0.3) is 0 Å². The lowest BCUT2D eigenvalue weighted by atomic mass is 10.1. The van der Waals surface area contributed by atoms with E-state index in [2.05, 4.69) is 53.2 Å². The lowest BCUT2D eigenvalue weighted by molar-refractivity contribution is 0.294. The van der Waals surface area contributed by atoms with Crippen LogP contribution in [0.15, 0.2) is 24.3 Å². The first kappa shape index (κ1) is 13.9. The molecule has 1 fully saturated rings. The van der Waals surface area contributed by atoms with E-state index in [-0.39, 0.29) is 0 Å². The van der Waals surface area contributed by atoms with Crippen molar-refractivity contribution in [1.82, 2.24) is 10.2 Å². The molecule has 1 heterocycles. The molecule has 1 saturated heterocycles. The van der Waals surface area contributed by atoms with Gasteiger partial charge in [0.1, 0.15) is 0 Å². The van der Waals surface area contributed by atoms with Crippen LogP contribution in [-0.2, 0) is 13.1 Å². The molecule has 3 heteroatoms. The molecule has 0 spiro atoms. The van der Waals surface area contributed by atoms with Crippen molar-refractivity contribution in [3.63, 3.8) is 0 Å². The fourth-order valence-corrected chi connectivity index (χ4v) is 3.17. The molecule has 2 rings (SSSR count). The topological polar surface area (TPSA) is 15.3 Å². The van der Waals surface area contributed by atoms with Gasteiger partial charge in [-0.3, -0.25) is 4.90 Å². The van der Waals surface area contributed by atoms with E-state index in [1.54, 1.807) is 0 Å². The molecule has 0 atom stereocenters. The highest BCUT2D eigenvalue weighted by Crippen LogP contribution is 2.13. The predicted molar refractivity (Wildman–Crippen MR) is 81.0 cm³/mol. The predicted octanol–water partition coefficient (Wildman–Crippen LogP) is 2.74. The Morgan fingerprint density at radius 1 is 1.11 bits per heavy atom. The molecule has 0 aliphatic carbocycles. The van der Waals surface area contributed by atoms with Gasteiger partial charge in [-0.2, -0.15) is 11.8 Å². The van der Waals surface area contributed by atoms with Crippen molar-refractivity contribution in [3.05, 3.63) is 35.4 Å². The van der Waals surface area contributed by atoms with Gasteiger partial charge in [0.25, 0.3) is 0 Å². The Balaban J connectivity index is 1.79. The van der Waals surface area contributed by atoms with Crippen molar-refractivity contribution in [1.29, 1.82) is 0 Å². The quantitative estimate of drug-likeness (QED) is 0.795. The molecule has 0 saturated carbocycles. The summed E-state index contributed by atoms with van der Waals surface area (Å²) in [5, 5.41) is 3.44. The van der Waals surface area contributed by atoms with Gasteiger partial charge in [0.05, 0.1) is 0 Å². The first-order valence-electron chi connectivity index (χ1n) is 6.97. The van der Waals surface area contributed by atoms with Gasteiger partial charge < -0.3 is 5.32 Å². The number of hydrogen-bond acceptors (Lipinski definition) is 3. The first-order valence-corrected chi connectivity index (χ1v) is 8.12. The van der Waals surface area contributed by atoms with Gasteiger partial charge in [-0.25, -0.2) is 0 Å². The third-order valence-electron chi connectivity index (χ3n) is 3.29. The monoisotopic (exact) mass is 264 g/mol. The number of nitrogens with one attached hydrogen (secondary N) is 1. The fraction of sp³-hybridized carbons (Fsp3) is 0.600. The molecule has 0 aromatic heterocycles. The molecular weight excluding hydrogens is 240 g/mol. The molecule has 1 aromatic carbocycles. The van der Waals surface area contributed by atoms with Crippen LogP contribution < -0.4 is 5.32 Å². The highest BCUT2D eigenvalue weighted by atomic mass is 32.2. The number of thioether (sulfide) groups is 1. The van der Waals surface area contributed by atoms with Crippen molar-refractivity contribution in [2.45, 2.75) is 26.4 Å². The second-order valence-corrected chi connectivity index (χ2v) is 6.11. The third-order valence-corrected chi connectivity index (χ3v) is 4.23. The summed E-state index contributed by atoms with van der Waals surface area (Å²) in [7, 11) is 0. The maximum absolute atomic E-state index is 3.44. The molecule has 18 heavy (non-hydrogen) atoms. The maximum Gasteiger partial charge on any atom is 0.0234 e. The van der Waals surface area contributed by atoms with Crippen LogP contribution in [0.5, 0.6) is 0 Å². The van der Waals surface area contributed by atoms with Gasteiger partial charge in [-0.1, -0.05) is 31.2 Å². The van der Waals surface area contributed by atoms with Crippen molar-refractivity contribution in [2.75, 3.05) is 31.1 Å². The van der Waals surface area contributed by atoms with Crippen molar-refractivity contribution >= 4 is 11.8 Å². The summed E-state index contributed by atoms with van der Waals surface area (Å²) in [6.07, 6.45) is 1.20. The Bertz CT molecular complexity index is 331. The summed E-state index contributed by atoms with van der Waals surface area (Å²) < 4.78 is 0. The van der Waals surface area contributed by atoms with Crippen LogP contribution in [0.3, 0.4) is 0 Å². The van der Waals surface area contributed by atoms with Gasteiger partial charge in [0.15, 0.2) is 0 Å². The summed E-state index contributed by atoms with van der Waals surface area (Å²) in [4.78, 5) is 2.56. The second-order valence-electron chi connectivity index (χ2n) is 4.88. The van der Waals surface area contributed by atoms with Gasteiger partial charge in [-0.15, -0.1) is 0 Å². The SMILES string of the molecule is CCCNCc1ccc(CN2CCSCC2)cc1. The lowest BCUT2D eigenvalue weighted by Gasteiger charge is -2.26. The average molecular weight is 264 g/mol. The standard InChI is InChI=1S/C15H24N2S/c1-2-7-16-12-14-3-5-15(6-4-14)13-17-8-10-18-11-9-17/h3-6,16H,2,7-13H2,1H3. The molecule has 1 aliphatic heterocycles. The highest BCUT2D eigenvalue weighted by Gasteiger charge is 2.10. The Hall–Kier alpha value is -0.510. The Kier molecular flexibility index (Phi) is 6.05. The van der Waals surface area contributed by atoms with Crippen LogP contribution in [0.2, 0.25) is 0 Å². The fourth-order valence-electron chi connectivity index (χ4n) is 2.19. The van der Waals surface area contributed by atoms with Crippen LogP contribution in [-0.4, -0.2) is 36.0 Å². The third kappa shape index (κ3) is 4.63. The van der Waals surface area contributed by atoms with Crippen LogP contribution >= 0.6 is 11.8 Å². The Morgan fingerprint density at radius 3 is 2.44 bits per heavy atom. The van der Waals surface area contributed by atoms with Crippen molar-refractivity contribution in [2.24, 2.45) is 0 Å². The minimum Gasteiger partial charge on any atom is -0.313 e. The van der Waals surface area contributed by atoms with Gasteiger partial charge in [0.2, 0.25) is 0 Å². The number of nitrogens with zero attached hydrogens (tertiary/aromatic N) is 1. The Labute approximate surface area is 115 Å². The molecular formula is C15H24N2S. The summed E-state index contributed by atoms with van der Waals surface area (Å²) in [5.74, 6) is 2.58. The summed E-state index contributed by atoms with van der Waals surface area (Å²) in [6, 6.07) is 9.09. The molecule has 1 aromatic rings. The van der Waals surface area contributed by atoms with Crippen molar-refractivity contribution in [3.8, 4) is 0 Å². The summed E-state index contributed by atoms with van der Waals surface area (Å²) >= 11 is 2.07. The highest BCUT2D eigenvalue weighted by molar-refractivity contribution is 7.99. The molecule has 2 nitrogen and oxygen atoms in total. The summed E-state index contributed by atoms with van der Waals surface area (Å²) in [5.41, 5.74) is 2.84. The normalized spacial score (nSPS) is 16.9. The first-order chi connectivity index (χ1) is 8.88. The minimum atomic E-state index is 0.995. The van der Waals surface area contributed by atoms with Crippen LogP contribution in [0, 0.1) is 0 Å². The van der Waals surface area contributed by atoms with Crippen LogP contribution in [0.1, 0.15) is 24.5 Å². The summed E-state index contributed by atoms with van der Waals surface area (Å²) in [6.45, 7) is 7.90. The van der Waals surface area contributed by atoms with Gasteiger partial charge >= 0.3 is 0 Å². The second kappa shape index (κ2) is 7.82. The zero-order chi connectivity index (χ0) is 12.6. The van der Waals surface area contributed by atoms with E-state index in [0.717, 1.165) is 19.6 Å². The van der Waals surface area contributed by atoms with E-state index >= 15 is 0 Å². The molecule has 0 amide bonds. The van der Waals surface area contributed by atoms with E-state index in [0.29, 0.717) is 0 Å². The van der Waals surface area contributed by atoms with E-state index in [9.17, 15) is 0 Å². The zero-order valence-electron chi connectivity index (χ0n) is 11.3. The molecule has 0 bridgehead atoms. The minimum absolute atomic E-state index is 0.995. The van der Waals surface area contributed by atoms with E-state index < -0.39 is 0 Å². The number of rotatable bonds is 6. The number of benzene rings is 1. The lowest BCUT2D eigenvalue weighted by Crippen LogP contribution is -2.31. The van der Waals surface area contributed by atoms with E-state index in [1.807, 2.05) is 0 Å². The molecule has 1 aliphatic rings. The van der Waals surface area contributed by atoms with Gasteiger partial charge in [0, 0.05) is 37.7 Å². The molecule has 1 N–H and O–H groups in total. The average Bonchev–Trinajstić information content (AvgIpc) is 2.42. The zero-order valence-corrected chi connectivity index (χ0v) is 12.1. The van der Waals surface area contributed by atoms with Gasteiger partial charge in [-0.05, 0) is 24.1 Å². The van der Waals surface area contributed by atoms with Crippen molar-refractivity contribution < 1.29 is 0 Å². The maximum atomic E-state index is 3.44. The smallest absolute Gasteiger partial charge is 0.0234 e. The molecule has 0 radical (unpaired) electrons. The number of hydrogen-bond donors (Lipinski definition) is 1. The van der Waals surface area contributed by atoms with E-state index in [4.69, 9.17) is 0 Å².